The Bertz CT molecular complexity index is 1860. The third-order valence-corrected chi connectivity index (χ3v) is 7.87. The van der Waals surface area contributed by atoms with Gasteiger partial charge in [0.05, 0.1) is 42.9 Å². The van der Waals surface area contributed by atoms with E-state index in [1.807, 2.05) is 29.7 Å². The number of thioether (sulfide) groups is 1. The van der Waals surface area contributed by atoms with Crippen LogP contribution in [0.4, 0.5) is 20.2 Å². The Hall–Kier alpha value is -4.84. The number of hydrogen-bond acceptors (Lipinski definition) is 9. The first-order chi connectivity index (χ1) is 24.2. The first-order valence-corrected chi connectivity index (χ1v) is 17.9. The van der Waals surface area contributed by atoms with Crippen LogP contribution >= 0.6 is 24.4 Å². The molecule has 3 heterocycles. The van der Waals surface area contributed by atoms with Gasteiger partial charge < -0.3 is 19.7 Å². The molecule has 2 amide bonds. The van der Waals surface area contributed by atoms with E-state index in [-0.39, 0.29) is 33.6 Å². The number of carbonyl (C=O) groups is 2. The van der Waals surface area contributed by atoms with Gasteiger partial charge in [0, 0.05) is 48.8 Å². The Balaban J connectivity index is 0.00000107. The highest BCUT2D eigenvalue weighted by molar-refractivity contribution is 7.97. The lowest BCUT2D eigenvalue weighted by molar-refractivity contribution is 0.0428. The van der Waals surface area contributed by atoms with Crippen LogP contribution in [0.5, 0.6) is 5.75 Å². The second-order valence-electron chi connectivity index (χ2n) is 10.9. The molecule has 2 aliphatic heterocycles. The van der Waals surface area contributed by atoms with Crippen LogP contribution in [0.2, 0.25) is 0 Å². The second-order valence-corrected chi connectivity index (χ2v) is 11.7. The minimum Gasteiger partial charge on any atom is -0.495 e. The minimum atomic E-state index is -3.23. The summed E-state index contributed by atoms with van der Waals surface area (Å²) in [6.45, 7) is 1.43. The molecular formula is C36H38F2N6O4S2. The number of thiol groups is 1. The van der Waals surface area contributed by atoms with E-state index in [1.165, 1.54) is 77.5 Å². The summed E-state index contributed by atoms with van der Waals surface area (Å²) < 4.78 is 42.5. The first-order valence-electron chi connectivity index (χ1n) is 15.3. The van der Waals surface area contributed by atoms with E-state index < -0.39 is 23.8 Å². The predicted octanol–water partition coefficient (Wildman–Crippen LogP) is 6.47. The summed E-state index contributed by atoms with van der Waals surface area (Å²) in [5, 5.41) is 16.6. The average Bonchev–Trinajstić information content (AvgIpc) is 3.76. The van der Waals surface area contributed by atoms with Crippen molar-refractivity contribution in [3.63, 3.8) is 0 Å². The topological polar surface area (TPSA) is 113 Å². The molecule has 1 aromatic heterocycles. The molecule has 0 aliphatic carbocycles. The molecule has 0 spiro atoms. The Labute approximate surface area is 300 Å². The van der Waals surface area contributed by atoms with Crippen molar-refractivity contribution in [2.75, 3.05) is 62.9 Å². The van der Waals surface area contributed by atoms with Gasteiger partial charge in [0.15, 0.2) is 5.69 Å². The van der Waals surface area contributed by atoms with Crippen LogP contribution in [-0.2, 0) is 10.7 Å². The molecule has 3 aromatic carbocycles. The average molecular weight is 721 g/mol. The lowest BCUT2D eigenvalue weighted by atomic mass is 9.99. The zero-order valence-corrected chi connectivity index (χ0v) is 30.0. The SMILES string of the molecule is COCCN1C=C2[C@H](C1)N(c1ccc(C(F)(F)c3ccccc3)cc1)C(=O)c1c(NC(=O)c3ccc(OC)c(C#N)c3)cnn12.CS.CSC. The first kappa shape index (κ1) is 38.0. The largest absolute Gasteiger partial charge is 0.495 e. The van der Waals surface area contributed by atoms with E-state index in [4.69, 9.17) is 9.47 Å². The van der Waals surface area contributed by atoms with Crippen LogP contribution in [0.25, 0.3) is 5.70 Å². The summed E-state index contributed by atoms with van der Waals surface area (Å²) in [7, 11) is 3.03. The highest BCUT2D eigenvalue weighted by Crippen LogP contribution is 2.40. The van der Waals surface area contributed by atoms with Crippen molar-refractivity contribution in [1.82, 2.24) is 14.7 Å². The number of fused-ring (bicyclic) bond motifs is 3. The molecule has 0 unspecified atom stereocenters. The van der Waals surface area contributed by atoms with Gasteiger partial charge in [0.25, 0.3) is 17.7 Å². The van der Waals surface area contributed by atoms with E-state index in [0.717, 1.165) is 0 Å². The third kappa shape index (κ3) is 7.80. The van der Waals surface area contributed by atoms with Crippen LogP contribution in [0.1, 0.15) is 37.5 Å². The molecule has 1 N–H and O–H groups in total. The molecule has 0 radical (unpaired) electrons. The fraction of sp³-hybridized carbons (Fsp3) is 0.278. The molecule has 6 rings (SSSR count). The number of halogens is 2. The zero-order chi connectivity index (χ0) is 36.4. The smallest absolute Gasteiger partial charge is 0.298 e. The maximum Gasteiger partial charge on any atom is 0.298 e. The number of aromatic nitrogens is 2. The van der Waals surface area contributed by atoms with Crippen molar-refractivity contribution in [2.24, 2.45) is 0 Å². The fourth-order valence-corrected chi connectivity index (χ4v) is 5.59. The number of rotatable bonds is 9. The molecule has 0 saturated heterocycles. The standard InChI is InChI=1S/C33H28F2N6O4.C2H6S.CH4S/c1-44-15-14-39-19-27-28(20-39)41-30(26(18-37-41)38-31(42)21-8-13-29(45-2)22(16-21)17-36)32(43)40(27)25-11-9-24(10-12-25)33(34,35)23-6-4-3-5-7-23;1-3-2;1-2/h3-13,16,18,20,27H,14-15,19H2,1-2H3,(H,38,42);1-2H3;2H,1H3/t27-;;/m0../s1. The Morgan fingerprint density at radius 3 is 2.36 bits per heavy atom. The molecule has 0 bridgehead atoms. The maximum atomic E-state index is 15.3. The van der Waals surface area contributed by atoms with Crippen LogP contribution < -0.4 is 15.0 Å². The normalized spacial score (nSPS) is 14.6. The van der Waals surface area contributed by atoms with Crippen molar-refractivity contribution in [1.29, 1.82) is 5.26 Å². The van der Waals surface area contributed by atoms with Crippen molar-refractivity contribution >= 4 is 53.3 Å². The minimum absolute atomic E-state index is 0.104. The fourth-order valence-electron chi connectivity index (χ4n) is 5.59. The quantitative estimate of drug-likeness (QED) is 0.189. The van der Waals surface area contributed by atoms with Crippen LogP contribution in [0.15, 0.2) is 85.2 Å². The van der Waals surface area contributed by atoms with Crippen molar-refractivity contribution in [2.45, 2.75) is 12.0 Å². The van der Waals surface area contributed by atoms with Crippen molar-refractivity contribution in [3.8, 4) is 11.8 Å². The maximum absolute atomic E-state index is 15.3. The monoisotopic (exact) mass is 720 g/mol. The number of carbonyl (C=O) groups excluding carboxylic acids is 2. The van der Waals surface area contributed by atoms with Crippen LogP contribution in [-0.4, -0.2) is 85.2 Å². The van der Waals surface area contributed by atoms with E-state index in [0.29, 0.717) is 36.8 Å². The number of hydrogen-bond donors (Lipinski definition) is 2. The van der Waals surface area contributed by atoms with Gasteiger partial charge in [-0.2, -0.15) is 43.5 Å². The Kier molecular flexibility index (Phi) is 13.1. The highest BCUT2D eigenvalue weighted by atomic mass is 32.2. The van der Waals surface area contributed by atoms with E-state index in [1.54, 1.807) is 43.3 Å². The number of methoxy groups -OCH3 is 2. The predicted molar refractivity (Wildman–Crippen MR) is 196 cm³/mol. The molecule has 1 atom stereocenters. The van der Waals surface area contributed by atoms with E-state index in [9.17, 15) is 14.9 Å². The van der Waals surface area contributed by atoms with Gasteiger partial charge in [-0.25, -0.2) is 4.68 Å². The van der Waals surface area contributed by atoms with Gasteiger partial charge in [-0.3, -0.25) is 14.5 Å². The summed E-state index contributed by atoms with van der Waals surface area (Å²) in [6.07, 6.45) is 9.05. The molecule has 0 fully saturated rings. The lowest BCUT2D eigenvalue weighted by Crippen LogP contribution is -2.49. The van der Waals surface area contributed by atoms with E-state index in [2.05, 4.69) is 23.0 Å². The van der Waals surface area contributed by atoms with Gasteiger partial charge in [-0.15, -0.1) is 0 Å². The van der Waals surface area contributed by atoms with Crippen LogP contribution in [0.3, 0.4) is 0 Å². The van der Waals surface area contributed by atoms with Gasteiger partial charge >= 0.3 is 0 Å². The van der Waals surface area contributed by atoms with Gasteiger partial charge in [-0.05, 0) is 49.1 Å². The Morgan fingerprint density at radius 2 is 1.74 bits per heavy atom. The molecule has 2 aliphatic rings. The third-order valence-electron chi connectivity index (χ3n) is 7.87. The number of ether oxygens (including phenoxy) is 2. The summed E-state index contributed by atoms with van der Waals surface area (Å²) in [5.41, 5.74) is 1.38. The molecule has 50 heavy (non-hydrogen) atoms. The van der Waals surface area contributed by atoms with Gasteiger partial charge in [0.2, 0.25) is 0 Å². The second kappa shape index (κ2) is 17.2. The van der Waals surface area contributed by atoms with Crippen molar-refractivity contribution < 1.29 is 27.8 Å². The molecule has 4 aromatic rings. The molecule has 0 saturated carbocycles. The molecule has 262 valence electrons. The summed E-state index contributed by atoms with van der Waals surface area (Å²) in [6, 6.07) is 19.1. The molecular weight excluding hydrogens is 683 g/mol. The number of benzene rings is 3. The molecule has 10 nitrogen and oxygen atoms in total. The summed E-state index contributed by atoms with van der Waals surface area (Å²) in [4.78, 5) is 31.0. The van der Waals surface area contributed by atoms with Crippen LogP contribution in [0, 0.1) is 11.3 Å². The summed E-state index contributed by atoms with van der Waals surface area (Å²) >= 11 is 5.28. The number of nitrogens with zero attached hydrogens (tertiary/aromatic N) is 5. The molecule has 14 heteroatoms. The van der Waals surface area contributed by atoms with Gasteiger partial charge in [0.1, 0.15) is 11.8 Å². The van der Waals surface area contributed by atoms with Crippen molar-refractivity contribution in [3.05, 3.63) is 113 Å². The van der Waals surface area contributed by atoms with E-state index >= 15 is 8.78 Å². The number of anilines is 2. The number of alkyl halides is 2. The van der Waals surface area contributed by atoms with Gasteiger partial charge in [-0.1, -0.05) is 42.5 Å². The zero-order valence-electron chi connectivity index (χ0n) is 28.3. The lowest BCUT2D eigenvalue weighted by Gasteiger charge is -2.35. The number of nitrogens with one attached hydrogen (secondary N) is 1. The number of nitriles is 1. The Morgan fingerprint density at radius 1 is 1.08 bits per heavy atom. The summed E-state index contributed by atoms with van der Waals surface area (Å²) in [5.74, 6) is -3.92. The highest BCUT2D eigenvalue weighted by Gasteiger charge is 2.44. The number of amides is 2.